The van der Waals surface area contributed by atoms with Gasteiger partial charge in [-0.15, -0.1) is 35.2 Å². The van der Waals surface area contributed by atoms with E-state index < -0.39 is 0 Å². The Bertz CT molecular complexity index is 1580. The number of benzene rings is 4. The predicted octanol–water partition coefficient (Wildman–Crippen LogP) is 7.39. The van der Waals surface area contributed by atoms with Gasteiger partial charge in [-0.3, -0.25) is 6.08 Å². The molecule has 0 saturated carbocycles. The Morgan fingerprint density at radius 3 is 1.68 bits per heavy atom. The molecule has 0 nitrogen and oxygen atoms in total. The van der Waals surface area contributed by atoms with Crippen molar-refractivity contribution in [1.82, 2.24) is 0 Å². The quantitative estimate of drug-likeness (QED) is 0.144. The van der Waals surface area contributed by atoms with Crippen LogP contribution in [0.15, 0.2) is 97.1 Å². The van der Waals surface area contributed by atoms with Gasteiger partial charge in [-0.1, -0.05) is 131 Å². The minimum Gasteiger partial charge on any atom is -1.00 e. The second kappa shape index (κ2) is 20.7. The molecule has 2 aliphatic carbocycles. The fourth-order valence-electron chi connectivity index (χ4n) is 6.35. The van der Waals surface area contributed by atoms with Crippen molar-refractivity contribution >= 4 is 3.21 Å². The standard InChI is InChI=1S/C33H33.C9H18.C5H5.2ClH.Zr/c1-32(2,3)30-20-26-24(18-28(30)22-13-9-7-10-14-22)17-25-19-29(23-15-11-8-12-16-23)31(21-27(25)26)33(4,5)6;1-3-5-7-9-8-6-4-2;1-2-4-5-3-1;;;/h7-16,18,20-21H,17H2,1-6H3;3-8H2,1-2H3;1-3H,4H2;2*1H;/q-1;;-1;;;+2/p-2. The second-order valence-electron chi connectivity index (χ2n) is 15.2. The van der Waals surface area contributed by atoms with Gasteiger partial charge in [0.15, 0.2) is 0 Å². The molecule has 4 aromatic carbocycles. The smallest absolute Gasteiger partial charge is 0.109 e. The fraction of sp³-hybridized carbons (Fsp3) is 0.383. The second-order valence-corrected chi connectivity index (χ2v) is 17.0. The molecule has 0 bridgehead atoms. The van der Waals surface area contributed by atoms with Crippen LogP contribution in [0, 0.1) is 12.1 Å². The Labute approximate surface area is 332 Å². The third-order valence-electron chi connectivity index (χ3n) is 9.07. The van der Waals surface area contributed by atoms with Crippen LogP contribution in [0.1, 0.15) is 123 Å². The third-order valence-corrected chi connectivity index (χ3v) is 10.3. The SMILES string of the molecule is CC(C)(C)c1cc2c([c-]c1-c1ccccc1)Cc1cc(-c3ccccc3)c(C(C)(C)C)cc1-2.CCCC[C](=[Zr+2])CCCC.[C-]1=CC=CC1.[Cl-].[Cl-]. The summed E-state index contributed by atoms with van der Waals surface area (Å²) in [6.07, 6.45) is 19.3. The van der Waals surface area contributed by atoms with Crippen LogP contribution in [0.3, 0.4) is 0 Å². The first-order valence-corrected chi connectivity index (χ1v) is 19.3. The molecule has 0 aliphatic heterocycles. The Hall–Kier alpha value is -2.31. The minimum atomic E-state index is 0. The molecular formula is C47H56Cl2Zr-2. The molecule has 3 heteroatoms. The van der Waals surface area contributed by atoms with E-state index in [0.717, 1.165) is 12.8 Å². The first-order valence-electron chi connectivity index (χ1n) is 18.1. The molecule has 0 radical (unpaired) electrons. The zero-order chi connectivity index (χ0) is 34.7. The van der Waals surface area contributed by atoms with E-state index in [0.29, 0.717) is 0 Å². The van der Waals surface area contributed by atoms with Crippen molar-refractivity contribution in [3.63, 3.8) is 0 Å². The van der Waals surface area contributed by atoms with Gasteiger partial charge < -0.3 is 24.8 Å². The Morgan fingerprint density at radius 1 is 0.680 bits per heavy atom. The van der Waals surface area contributed by atoms with Gasteiger partial charge in [0, 0.05) is 0 Å². The summed E-state index contributed by atoms with van der Waals surface area (Å²) in [7, 11) is 0. The molecular weight excluding hydrogens is 727 g/mol. The van der Waals surface area contributed by atoms with E-state index >= 15 is 0 Å². The van der Waals surface area contributed by atoms with Crippen molar-refractivity contribution in [3.8, 4) is 33.4 Å². The molecule has 2 aliphatic rings. The average Bonchev–Trinajstić information content (AvgIpc) is 3.77. The molecule has 0 heterocycles. The zero-order valence-electron chi connectivity index (χ0n) is 31.7. The van der Waals surface area contributed by atoms with Crippen molar-refractivity contribution in [2.45, 2.75) is 118 Å². The van der Waals surface area contributed by atoms with Crippen molar-refractivity contribution in [1.29, 1.82) is 0 Å². The van der Waals surface area contributed by atoms with Crippen LogP contribution in [0.4, 0.5) is 0 Å². The van der Waals surface area contributed by atoms with Gasteiger partial charge in [0.1, 0.15) is 0 Å². The summed E-state index contributed by atoms with van der Waals surface area (Å²) in [5, 5.41) is 0. The number of unbranched alkanes of at least 4 members (excludes halogenated alkanes) is 2. The number of halogens is 2. The molecule has 0 atom stereocenters. The van der Waals surface area contributed by atoms with Gasteiger partial charge in [0.25, 0.3) is 0 Å². The summed E-state index contributed by atoms with van der Waals surface area (Å²) in [4.78, 5) is 0. The number of hydrogen-bond acceptors (Lipinski definition) is 0. The molecule has 6 rings (SSSR count). The summed E-state index contributed by atoms with van der Waals surface area (Å²) in [6, 6.07) is 32.8. The fourth-order valence-corrected chi connectivity index (χ4v) is 7.22. The molecule has 0 N–H and O–H groups in total. The monoisotopic (exact) mass is 780 g/mol. The number of rotatable bonds is 8. The Morgan fingerprint density at radius 2 is 1.22 bits per heavy atom. The van der Waals surface area contributed by atoms with E-state index in [4.69, 9.17) is 0 Å². The molecule has 0 amide bonds. The van der Waals surface area contributed by atoms with Crippen molar-refractivity contribution in [2.24, 2.45) is 0 Å². The maximum atomic E-state index is 3.88. The van der Waals surface area contributed by atoms with Gasteiger partial charge in [0.2, 0.25) is 0 Å². The largest absolute Gasteiger partial charge is 1.00 e. The van der Waals surface area contributed by atoms with Gasteiger partial charge >= 0.3 is 79.8 Å². The predicted molar refractivity (Wildman–Crippen MR) is 207 cm³/mol. The normalized spacial score (nSPS) is 12.4. The average molecular weight is 783 g/mol. The van der Waals surface area contributed by atoms with E-state index in [9.17, 15) is 0 Å². The number of fused-ring (bicyclic) bond motifs is 3. The van der Waals surface area contributed by atoms with E-state index in [1.165, 1.54) is 94.2 Å². The molecule has 264 valence electrons. The molecule has 0 fully saturated rings. The first-order chi connectivity index (χ1) is 22.9. The Kier molecular flexibility index (Phi) is 18.1. The van der Waals surface area contributed by atoms with Crippen LogP contribution in [-0.4, -0.2) is 3.21 Å². The van der Waals surface area contributed by atoms with E-state index in [1.54, 1.807) is 27.4 Å². The molecule has 0 aromatic heterocycles. The van der Waals surface area contributed by atoms with Gasteiger partial charge in [-0.25, -0.2) is 12.2 Å². The summed E-state index contributed by atoms with van der Waals surface area (Å²) in [5.41, 5.74) is 13.5. The zero-order valence-corrected chi connectivity index (χ0v) is 35.6. The molecule has 50 heavy (non-hydrogen) atoms. The number of allylic oxidation sites excluding steroid dienone is 4. The van der Waals surface area contributed by atoms with Crippen LogP contribution >= 0.6 is 0 Å². The summed E-state index contributed by atoms with van der Waals surface area (Å²) in [6.45, 7) is 18.4. The minimum absolute atomic E-state index is 0. The third kappa shape index (κ3) is 12.1. The van der Waals surface area contributed by atoms with Crippen molar-refractivity contribution in [2.75, 3.05) is 0 Å². The molecule has 0 saturated heterocycles. The van der Waals surface area contributed by atoms with Crippen LogP contribution in [0.25, 0.3) is 33.4 Å². The summed E-state index contributed by atoms with van der Waals surface area (Å²) < 4.78 is 1.79. The maximum absolute atomic E-state index is 3.88. The van der Waals surface area contributed by atoms with Crippen molar-refractivity contribution < 1.29 is 49.0 Å². The number of hydrogen-bond donors (Lipinski definition) is 0. The molecule has 4 aromatic rings. The molecule has 0 spiro atoms. The van der Waals surface area contributed by atoms with Crippen LogP contribution in [-0.2, 0) is 41.5 Å². The van der Waals surface area contributed by atoms with Crippen molar-refractivity contribution in [3.05, 3.63) is 131 Å². The Balaban J connectivity index is 0.000000427. The van der Waals surface area contributed by atoms with Gasteiger partial charge in [0.05, 0.1) is 0 Å². The van der Waals surface area contributed by atoms with E-state index in [-0.39, 0.29) is 35.6 Å². The van der Waals surface area contributed by atoms with Crippen LogP contribution in [0.5, 0.6) is 0 Å². The van der Waals surface area contributed by atoms with Crippen LogP contribution in [0.2, 0.25) is 0 Å². The first kappa shape index (κ1) is 43.9. The van der Waals surface area contributed by atoms with Gasteiger partial charge in [-0.2, -0.15) is 6.08 Å². The molecule has 0 unspecified atom stereocenters. The summed E-state index contributed by atoms with van der Waals surface area (Å²) >= 11 is 1.67. The van der Waals surface area contributed by atoms with E-state index in [2.05, 4.69) is 152 Å². The van der Waals surface area contributed by atoms with Crippen LogP contribution < -0.4 is 24.8 Å². The van der Waals surface area contributed by atoms with E-state index in [1.807, 2.05) is 12.2 Å². The topological polar surface area (TPSA) is 0 Å². The maximum Gasteiger partial charge on any atom is -0.109 e. The van der Waals surface area contributed by atoms with Gasteiger partial charge in [-0.05, 0) is 39.5 Å². The summed E-state index contributed by atoms with van der Waals surface area (Å²) in [5.74, 6) is 0.